The molecular weight excluding hydrogens is 964 g/mol. The predicted molar refractivity (Wildman–Crippen MR) is 229 cm³/mol. The summed E-state index contributed by atoms with van der Waals surface area (Å²) in [6, 6.07) is 35.2. The largest absolute Gasteiger partial charge is 0.657 e. The summed E-state index contributed by atoms with van der Waals surface area (Å²) < 4.78 is 135. The summed E-state index contributed by atoms with van der Waals surface area (Å²) in [5.41, 5.74) is 4.88. The number of nitrogens with zero attached hydrogens (tertiary/aromatic N) is 4. The van der Waals surface area contributed by atoms with E-state index < -0.39 is 40.5 Å². The van der Waals surface area contributed by atoms with Crippen LogP contribution in [0.3, 0.4) is 0 Å². The van der Waals surface area contributed by atoms with Gasteiger partial charge in [-0.2, -0.15) is 33.7 Å². The third-order valence-electron chi connectivity index (χ3n) is 10.4. The molecule has 0 amide bonds. The van der Waals surface area contributed by atoms with E-state index >= 15 is 0 Å². The van der Waals surface area contributed by atoms with Crippen molar-refractivity contribution in [3.63, 3.8) is 0 Å². The van der Waals surface area contributed by atoms with Gasteiger partial charge in [0.1, 0.15) is 0 Å². The topological polar surface area (TPSA) is 274 Å². The van der Waals surface area contributed by atoms with Gasteiger partial charge in [0.25, 0.3) is 40.5 Å². The van der Waals surface area contributed by atoms with Crippen LogP contribution >= 0.6 is 0 Å². The molecule has 8 bridgehead atoms. The van der Waals surface area contributed by atoms with Crippen molar-refractivity contribution < 1.29 is 68.7 Å². The van der Waals surface area contributed by atoms with Crippen molar-refractivity contribution in [3.05, 3.63) is 212 Å². The van der Waals surface area contributed by atoms with Crippen LogP contribution in [0.4, 0.5) is 0 Å². The monoisotopic (exact) mass is 991 g/mol. The molecule has 5 heterocycles. The molecule has 0 atom stereocenters. The second kappa shape index (κ2) is 16.6. The molecule has 1 radical (unpaired) electrons. The standard InChI is InChI=1S/C44H28N4O12S4.Co/c49-61(50,51)29-9-1-25(2-10-29)41-33-17-19-35(45-33)42(26-3-11-30(12-4-26)62(52,53)54)37-21-23-39(47-37)44(28-7-15-32(16-8-28)64(58,59)60)40-24-22-38(48-40)43(36-20-18-34(41)46-36)27-5-13-31(14-6-27)63(55,56)57;/h1-24H,(H,49,50,51)(H,52,53,54)(H,55,56,57)(H,58,59,60);/q-4;/b41-33-,41-34?,42-35-,42-37?,43-36?,43-38-,44-39?,44-40-;. The van der Waals surface area contributed by atoms with Gasteiger partial charge in [0.15, 0.2) is 0 Å². The summed E-state index contributed by atoms with van der Waals surface area (Å²) in [5.74, 6) is 0. The normalized spacial score (nSPS) is 16.8. The smallest absolute Gasteiger partial charge is 0.294 e. The molecule has 0 aliphatic carbocycles. The van der Waals surface area contributed by atoms with Crippen LogP contribution in [0.15, 0.2) is 165 Å². The Hall–Kier alpha value is -6.37. The molecule has 16 nitrogen and oxygen atoms in total. The molecule has 1 aliphatic heterocycles. The molecule has 0 spiro atoms. The summed E-state index contributed by atoms with van der Waals surface area (Å²) in [6.07, 6.45) is 0. The fraction of sp³-hybridized carbons (Fsp3) is 0. The molecule has 4 N–H and O–H groups in total. The molecule has 0 unspecified atom stereocenters. The predicted octanol–water partition coefficient (Wildman–Crippen LogP) is 1.80. The van der Waals surface area contributed by atoms with Crippen molar-refractivity contribution in [2.45, 2.75) is 19.6 Å². The van der Waals surface area contributed by atoms with Crippen LogP contribution in [-0.4, -0.2) is 51.9 Å². The molecule has 333 valence electrons. The van der Waals surface area contributed by atoms with Crippen LogP contribution in [-0.2, 0) is 57.3 Å². The number of benzene rings is 4. The van der Waals surface area contributed by atoms with Crippen molar-refractivity contribution in [2.75, 3.05) is 0 Å². The van der Waals surface area contributed by atoms with E-state index in [1.54, 1.807) is 48.5 Å². The van der Waals surface area contributed by atoms with Gasteiger partial charge in [-0.25, -0.2) is 0 Å². The molecular formula is C44H28CoN4O12S4-4. The van der Waals surface area contributed by atoms with Gasteiger partial charge < -0.3 is 19.9 Å². The third-order valence-corrected chi connectivity index (χ3v) is 13.8. The van der Waals surface area contributed by atoms with Gasteiger partial charge in [0.2, 0.25) is 0 Å². The van der Waals surface area contributed by atoms with E-state index in [-0.39, 0.29) is 36.4 Å². The van der Waals surface area contributed by atoms with Crippen LogP contribution in [0.25, 0.3) is 22.3 Å². The Kier molecular flexibility index (Phi) is 11.5. The van der Waals surface area contributed by atoms with E-state index in [0.29, 0.717) is 88.7 Å². The molecule has 21 heteroatoms. The first-order valence-corrected chi connectivity index (χ1v) is 24.4. The van der Waals surface area contributed by atoms with E-state index in [2.05, 4.69) is 0 Å². The average Bonchev–Trinajstić information content (AvgIpc) is 4.08. The quantitative estimate of drug-likeness (QED) is 0.158. The molecule has 9 rings (SSSR count). The average molecular weight is 992 g/mol. The summed E-state index contributed by atoms with van der Waals surface area (Å²) in [7, 11) is -18.2. The van der Waals surface area contributed by atoms with E-state index in [1.807, 2.05) is 0 Å². The minimum atomic E-state index is -4.56. The molecule has 4 aromatic carbocycles. The molecule has 0 fully saturated rings. The summed E-state index contributed by atoms with van der Waals surface area (Å²) in [5, 5.41) is 1.40. The van der Waals surface area contributed by atoms with Gasteiger partial charge >= 0.3 is 0 Å². The molecule has 65 heavy (non-hydrogen) atoms. The fourth-order valence-corrected chi connectivity index (χ4v) is 9.36. The molecule has 0 saturated heterocycles. The van der Waals surface area contributed by atoms with Crippen molar-refractivity contribution >= 4 is 62.8 Å². The second-order valence-electron chi connectivity index (χ2n) is 14.4. The number of rotatable bonds is 8. The van der Waals surface area contributed by atoms with Gasteiger partial charge in [-0.05, 0) is 93.1 Å². The number of fused-ring (bicyclic) bond motifs is 8. The Morgan fingerprint density at radius 3 is 0.615 bits per heavy atom. The SMILES string of the molecule is O=S(=O)(O)c1ccc(/C2=c3\cc/c([n-]3)=C(\c3ccc(S(=O)(=O)O)cc3)c3ccc([n-]3)/C(c3ccc(S(=O)(=O)O)cc3)=c3/cc/c([n-]3)=C(\c3ccc(S(=O)(=O)O)cc3)c3ccc2[n-]3)cc1.[Co]. The first kappa shape index (κ1) is 45.2. The van der Waals surface area contributed by atoms with Gasteiger partial charge in [0, 0.05) is 16.8 Å². The maximum Gasteiger partial charge on any atom is 0.294 e. The van der Waals surface area contributed by atoms with Crippen LogP contribution < -0.4 is 41.3 Å². The van der Waals surface area contributed by atoms with Crippen LogP contribution in [0.2, 0.25) is 0 Å². The van der Waals surface area contributed by atoms with E-state index in [0.717, 1.165) is 0 Å². The number of hydrogen-bond acceptors (Lipinski definition) is 8. The van der Waals surface area contributed by atoms with Crippen LogP contribution in [0.5, 0.6) is 0 Å². The van der Waals surface area contributed by atoms with E-state index in [9.17, 15) is 51.9 Å². The Morgan fingerprint density at radius 2 is 0.446 bits per heavy atom. The molecule has 4 aromatic heterocycles. The molecule has 0 saturated carbocycles. The summed E-state index contributed by atoms with van der Waals surface area (Å²) in [6.45, 7) is 0. The second-order valence-corrected chi connectivity index (χ2v) is 20.0. The summed E-state index contributed by atoms with van der Waals surface area (Å²) >= 11 is 0. The van der Waals surface area contributed by atoms with Crippen molar-refractivity contribution in [1.29, 1.82) is 0 Å². The fourth-order valence-electron chi connectivity index (χ4n) is 7.44. The van der Waals surface area contributed by atoms with Crippen LogP contribution in [0.1, 0.15) is 45.0 Å². The molecule has 8 aromatic rings. The van der Waals surface area contributed by atoms with Crippen molar-refractivity contribution in [1.82, 2.24) is 19.9 Å². The first-order valence-electron chi connectivity index (χ1n) is 18.6. The minimum Gasteiger partial charge on any atom is -0.657 e. The van der Waals surface area contributed by atoms with Gasteiger partial charge in [-0.1, -0.05) is 97.1 Å². The number of aromatic nitrogens is 4. The zero-order valence-electron chi connectivity index (χ0n) is 32.7. The maximum atomic E-state index is 12.0. The summed E-state index contributed by atoms with van der Waals surface area (Å²) in [4.78, 5) is 18.7. The van der Waals surface area contributed by atoms with Gasteiger partial charge in [-0.15, -0.1) is 44.2 Å². The number of hydrogen-bond donors (Lipinski definition) is 4. The van der Waals surface area contributed by atoms with Gasteiger partial charge in [-0.3, -0.25) is 18.2 Å². The Bertz CT molecular complexity index is 3410. The van der Waals surface area contributed by atoms with Crippen molar-refractivity contribution in [3.8, 4) is 0 Å². The van der Waals surface area contributed by atoms with Crippen molar-refractivity contribution in [2.24, 2.45) is 0 Å². The van der Waals surface area contributed by atoms with Gasteiger partial charge in [0.05, 0.1) is 19.6 Å². The third kappa shape index (κ3) is 8.89. The Balaban J connectivity index is 0.00000576. The molecule has 1 aliphatic rings. The van der Waals surface area contributed by atoms with E-state index in [4.69, 9.17) is 19.9 Å². The van der Waals surface area contributed by atoms with Crippen LogP contribution in [0, 0.1) is 0 Å². The Labute approximate surface area is 380 Å². The zero-order chi connectivity index (χ0) is 45.3. The first-order chi connectivity index (χ1) is 30.2. The van der Waals surface area contributed by atoms with E-state index in [1.165, 1.54) is 97.1 Å². The zero-order valence-corrected chi connectivity index (χ0v) is 37.0. The minimum absolute atomic E-state index is 0. The Morgan fingerprint density at radius 1 is 0.262 bits per heavy atom. The maximum absolute atomic E-state index is 12.0.